The molecule has 1 aliphatic carbocycles. The molecule has 1 aliphatic heterocycles. The van der Waals surface area contributed by atoms with Gasteiger partial charge in [-0.25, -0.2) is 0 Å². The number of rotatable bonds is 6. The minimum absolute atomic E-state index is 0. The molecule has 0 radical (unpaired) electrons. The summed E-state index contributed by atoms with van der Waals surface area (Å²) in [6.45, 7) is 7.36. The van der Waals surface area contributed by atoms with E-state index in [2.05, 4.69) is 23.6 Å². The summed E-state index contributed by atoms with van der Waals surface area (Å²) in [5, 5.41) is 6.81. The Morgan fingerprint density at radius 1 is 1.38 bits per heavy atom. The third kappa shape index (κ3) is 6.99. The van der Waals surface area contributed by atoms with Crippen molar-refractivity contribution in [3.8, 4) is 0 Å². The fraction of sp³-hybridized carbons (Fsp3) is 0.778. The number of nitrogens with zero attached hydrogens (tertiary/aromatic N) is 2. The van der Waals surface area contributed by atoms with Crippen LogP contribution in [0.1, 0.15) is 58.8 Å². The van der Waals surface area contributed by atoms with E-state index in [4.69, 9.17) is 4.99 Å². The third-order valence-corrected chi connectivity index (χ3v) is 4.62. The van der Waals surface area contributed by atoms with Crippen LogP contribution in [0.4, 0.5) is 0 Å². The molecule has 1 saturated heterocycles. The van der Waals surface area contributed by atoms with Crippen molar-refractivity contribution < 1.29 is 4.79 Å². The van der Waals surface area contributed by atoms with Crippen LogP contribution in [0.3, 0.4) is 0 Å². The van der Waals surface area contributed by atoms with Crippen LogP contribution >= 0.6 is 24.0 Å². The summed E-state index contributed by atoms with van der Waals surface area (Å²) in [6, 6.07) is 0.317. The second-order valence-electron chi connectivity index (χ2n) is 6.44. The second-order valence-corrected chi connectivity index (χ2v) is 6.44. The molecule has 2 N–H and O–H groups in total. The maximum absolute atomic E-state index is 11.8. The number of nitrogens with one attached hydrogen (secondary N) is 2. The molecule has 138 valence electrons. The molecule has 1 unspecified atom stereocenters. The molecule has 2 aliphatic rings. The van der Waals surface area contributed by atoms with Gasteiger partial charge in [-0.05, 0) is 45.4 Å². The molecule has 24 heavy (non-hydrogen) atoms. The number of hydrogen-bond acceptors (Lipinski definition) is 2. The van der Waals surface area contributed by atoms with Gasteiger partial charge in [0.1, 0.15) is 0 Å². The summed E-state index contributed by atoms with van der Waals surface area (Å²) in [7, 11) is 0. The molecular weight excluding hydrogens is 415 g/mol. The molecule has 0 aromatic rings. The number of allylic oxidation sites excluding steroid dienone is 1. The first kappa shape index (κ1) is 21.3. The number of amides is 1. The highest BCUT2D eigenvalue weighted by atomic mass is 127. The van der Waals surface area contributed by atoms with Crippen LogP contribution in [0.5, 0.6) is 0 Å². The Kier molecular flexibility index (Phi) is 10.4. The number of guanidine groups is 1. The Bertz CT molecular complexity index is 450. The summed E-state index contributed by atoms with van der Waals surface area (Å²) in [5.74, 6) is 1.14. The molecule has 6 heteroatoms. The monoisotopic (exact) mass is 448 g/mol. The molecule has 0 saturated carbocycles. The normalized spacial score (nSPS) is 21.1. The largest absolute Gasteiger partial charge is 0.357 e. The van der Waals surface area contributed by atoms with Crippen molar-refractivity contribution in [3.63, 3.8) is 0 Å². The standard InChI is InChI=1S/C18H32N4O.HI/c1-3-17(23)22-13-11-16(14-22)21-18(19-4-2)20-12-10-15-8-6-5-7-9-15;/h8,16H,3-7,9-14H2,1-2H3,(H2,19,20,21);1H. The zero-order valence-corrected chi connectivity index (χ0v) is 17.5. The topological polar surface area (TPSA) is 56.7 Å². The minimum atomic E-state index is 0. The SMILES string of the molecule is CCNC(=NCCC1=CCCCC1)NC1CCN(C(=O)CC)C1.I. The summed E-state index contributed by atoms with van der Waals surface area (Å²) >= 11 is 0. The highest BCUT2D eigenvalue weighted by Crippen LogP contribution is 2.19. The van der Waals surface area contributed by atoms with E-state index in [0.717, 1.165) is 45.0 Å². The lowest BCUT2D eigenvalue weighted by Crippen LogP contribution is -2.45. The fourth-order valence-corrected chi connectivity index (χ4v) is 3.28. The van der Waals surface area contributed by atoms with Crippen LogP contribution in [0, 0.1) is 0 Å². The number of carbonyl (C=O) groups is 1. The van der Waals surface area contributed by atoms with Crippen molar-refractivity contribution >= 4 is 35.8 Å². The summed E-state index contributed by atoms with van der Waals surface area (Å²) in [6.07, 6.45) is 10.2. The van der Waals surface area contributed by atoms with Crippen molar-refractivity contribution in [1.29, 1.82) is 0 Å². The van der Waals surface area contributed by atoms with Gasteiger partial charge in [-0.1, -0.05) is 18.6 Å². The molecule has 1 amide bonds. The highest BCUT2D eigenvalue weighted by Gasteiger charge is 2.25. The van der Waals surface area contributed by atoms with E-state index in [0.29, 0.717) is 12.5 Å². The maximum Gasteiger partial charge on any atom is 0.222 e. The molecule has 0 spiro atoms. The number of halogens is 1. The van der Waals surface area contributed by atoms with Crippen molar-refractivity contribution in [1.82, 2.24) is 15.5 Å². The lowest BCUT2D eigenvalue weighted by atomic mass is 9.97. The van der Waals surface area contributed by atoms with Crippen LogP contribution in [0.15, 0.2) is 16.6 Å². The number of aliphatic imine (C=N–C) groups is 1. The van der Waals surface area contributed by atoms with Crippen LogP contribution in [0.25, 0.3) is 0 Å². The molecule has 0 aromatic heterocycles. The Balaban J connectivity index is 0.00000288. The Labute approximate surface area is 163 Å². The molecule has 5 nitrogen and oxygen atoms in total. The van der Waals surface area contributed by atoms with E-state index >= 15 is 0 Å². The van der Waals surface area contributed by atoms with Gasteiger partial charge in [0.15, 0.2) is 5.96 Å². The van der Waals surface area contributed by atoms with E-state index in [1.54, 1.807) is 5.57 Å². The number of likely N-dealkylation sites (tertiary alicyclic amines) is 1. The smallest absolute Gasteiger partial charge is 0.222 e. The lowest BCUT2D eigenvalue weighted by molar-refractivity contribution is -0.129. The van der Waals surface area contributed by atoms with Crippen molar-refractivity contribution in [2.45, 2.75) is 64.8 Å². The first-order chi connectivity index (χ1) is 11.2. The first-order valence-electron chi connectivity index (χ1n) is 9.23. The van der Waals surface area contributed by atoms with Gasteiger partial charge in [-0.15, -0.1) is 24.0 Å². The Hall–Kier alpha value is -0.790. The predicted molar refractivity (Wildman–Crippen MR) is 111 cm³/mol. The van der Waals surface area contributed by atoms with E-state index < -0.39 is 0 Å². The predicted octanol–water partition coefficient (Wildman–Crippen LogP) is 3.06. The average Bonchev–Trinajstić information content (AvgIpc) is 3.04. The second kappa shape index (κ2) is 11.7. The van der Waals surface area contributed by atoms with Gasteiger partial charge >= 0.3 is 0 Å². The highest BCUT2D eigenvalue weighted by molar-refractivity contribution is 14.0. The van der Waals surface area contributed by atoms with Crippen molar-refractivity contribution in [3.05, 3.63) is 11.6 Å². The molecule has 0 aromatic carbocycles. The molecule has 1 fully saturated rings. The van der Waals surface area contributed by atoms with E-state index in [9.17, 15) is 4.79 Å². The van der Waals surface area contributed by atoms with Gasteiger partial charge in [0.05, 0.1) is 0 Å². The summed E-state index contributed by atoms with van der Waals surface area (Å²) in [4.78, 5) is 18.4. The van der Waals surface area contributed by atoms with E-state index in [1.807, 2.05) is 11.8 Å². The van der Waals surface area contributed by atoms with Crippen LogP contribution < -0.4 is 10.6 Å². The molecule has 1 atom stereocenters. The van der Waals surface area contributed by atoms with E-state index in [-0.39, 0.29) is 29.9 Å². The zero-order chi connectivity index (χ0) is 16.5. The minimum Gasteiger partial charge on any atom is -0.357 e. The zero-order valence-electron chi connectivity index (χ0n) is 15.1. The first-order valence-corrected chi connectivity index (χ1v) is 9.23. The molecule has 1 heterocycles. The molecule has 2 rings (SSSR count). The van der Waals surface area contributed by atoms with Gasteiger partial charge in [-0.3, -0.25) is 9.79 Å². The van der Waals surface area contributed by atoms with Crippen LogP contribution in [-0.4, -0.2) is 49.0 Å². The summed E-state index contributed by atoms with van der Waals surface area (Å²) < 4.78 is 0. The quantitative estimate of drug-likeness (QED) is 0.284. The van der Waals surface area contributed by atoms with Crippen LogP contribution in [0.2, 0.25) is 0 Å². The van der Waals surface area contributed by atoms with Crippen molar-refractivity contribution in [2.75, 3.05) is 26.2 Å². The van der Waals surface area contributed by atoms with E-state index in [1.165, 1.54) is 25.7 Å². The molecule has 0 bridgehead atoms. The fourth-order valence-electron chi connectivity index (χ4n) is 3.28. The maximum atomic E-state index is 11.8. The Morgan fingerprint density at radius 3 is 2.88 bits per heavy atom. The van der Waals surface area contributed by atoms with Gasteiger partial charge in [0.25, 0.3) is 0 Å². The number of carbonyl (C=O) groups excluding carboxylic acids is 1. The van der Waals surface area contributed by atoms with Gasteiger partial charge < -0.3 is 15.5 Å². The van der Waals surface area contributed by atoms with Gasteiger partial charge in [0, 0.05) is 38.6 Å². The van der Waals surface area contributed by atoms with Gasteiger partial charge in [-0.2, -0.15) is 0 Å². The number of hydrogen-bond donors (Lipinski definition) is 2. The average molecular weight is 448 g/mol. The van der Waals surface area contributed by atoms with Crippen molar-refractivity contribution in [2.24, 2.45) is 4.99 Å². The summed E-state index contributed by atoms with van der Waals surface area (Å²) in [5.41, 5.74) is 1.57. The molecular formula is C18H33IN4O. The Morgan fingerprint density at radius 2 is 2.21 bits per heavy atom. The lowest BCUT2D eigenvalue weighted by Gasteiger charge is -2.19. The van der Waals surface area contributed by atoms with Crippen LogP contribution in [-0.2, 0) is 4.79 Å². The third-order valence-electron chi connectivity index (χ3n) is 4.62. The van der Waals surface area contributed by atoms with Gasteiger partial charge in [0.2, 0.25) is 5.91 Å².